The van der Waals surface area contributed by atoms with Gasteiger partial charge in [-0.15, -0.1) is 113 Å². The third-order valence-corrected chi connectivity index (χ3v) is 39.3. The van der Waals surface area contributed by atoms with Crippen LogP contribution >= 0.6 is 113 Å². The van der Waals surface area contributed by atoms with Crippen molar-refractivity contribution in [3.05, 3.63) is 127 Å². The van der Waals surface area contributed by atoms with Crippen molar-refractivity contribution in [1.82, 2.24) is 0 Å². The molecule has 15 aromatic rings. The minimum Gasteiger partial charge on any atom is -0.143 e. The van der Waals surface area contributed by atoms with Gasteiger partial charge in [-0.2, -0.15) is 0 Å². The zero-order chi connectivity index (χ0) is 82.9. The highest BCUT2D eigenvalue weighted by atomic mass is 32.1. The molecular weight excluding hydrogens is 1640 g/mol. The summed E-state index contributed by atoms with van der Waals surface area (Å²) in [5, 5.41) is 20.0. The second kappa shape index (κ2) is 44.9. The van der Waals surface area contributed by atoms with Crippen molar-refractivity contribution in [1.29, 1.82) is 0 Å². The Balaban J connectivity index is 0.904. The first kappa shape index (κ1) is 90.5. The lowest BCUT2D eigenvalue weighted by molar-refractivity contribution is 0.654. The van der Waals surface area contributed by atoms with E-state index in [1.54, 1.807) is 103 Å². The Hall–Kier alpha value is -4.30. The van der Waals surface area contributed by atoms with Gasteiger partial charge in [-0.25, -0.2) is 0 Å². The van der Waals surface area contributed by atoms with Crippen LogP contribution in [0.25, 0.3) is 140 Å². The second-order valence-electron chi connectivity index (χ2n) is 36.0. The molecule has 0 fully saturated rings. The summed E-state index contributed by atoms with van der Waals surface area (Å²) in [6, 6.07) is 26.8. The topological polar surface area (TPSA) is 0 Å². The molecule has 642 valence electrons. The predicted molar refractivity (Wildman–Crippen MR) is 560 cm³/mol. The fourth-order valence-corrected chi connectivity index (χ4v) is 32.8. The largest absolute Gasteiger partial charge is 0.143 e. The highest BCUT2D eigenvalue weighted by Crippen LogP contribution is 2.57. The Bertz CT molecular complexity index is 5460. The van der Waals surface area contributed by atoms with Crippen LogP contribution in [0.4, 0.5) is 0 Å². The Morgan fingerprint density at radius 1 is 0.150 bits per heavy atom. The minimum absolute atomic E-state index is 1.18. The van der Waals surface area contributed by atoms with Crippen molar-refractivity contribution < 1.29 is 0 Å². The van der Waals surface area contributed by atoms with Gasteiger partial charge in [-0.3, -0.25) is 0 Å². The third kappa shape index (κ3) is 20.2. The Labute approximate surface area is 763 Å². The molecule has 0 atom stereocenters. The molecule has 0 aliphatic rings. The van der Waals surface area contributed by atoms with Crippen LogP contribution < -0.4 is 0 Å². The highest BCUT2D eigenvalue weighted by Gasteiger charge is 2.29. The summed E-state index contributed by atoms with van der Waals surface area (Å²) in [6.07, 6.45) is 63.9. The number of benzene rings is 5. The van der Waals surface area contributed by atoms with Crippen LogP contribution in [0.2, 0.25) is 0 Å². The minimum atomic E-state index is 1.18. The van der Waals surface area contributed by atoms with Gasteiger partial charge in [-0.05, 0) is 255 Å². The maximum atomic E-state index is 2.75. The summed E-state index contributed by atoms with van der Waals surface area (Å²) in [7, 11) is 0. The van der Waals surface area contributed by atoms with E-state index in [4.69, 9.17) is 0 Å². The molecule has 15 rings (SSSR count). The Morgan fingerprint density at radius 3 is 0.425 bits per heavy atom. The van der Waals surface area contributed by atoms with Crippen molar-refractivity contribution in [2.75, 3.05) is 0 Å². The molecule has 0 radical (unpaired) electrons. The lowest BCUT2D eigenvalue weighted by atomic mass is 9.93. The number of rotatable bonds is 54. The number of hydrogen-bond acceptors (Lipinski definition) is 10. The maximum Gasteiger partial charge on any atom is 0.0455 e. The predicted octanol–water partition coefficient (Wildman–Crippen LogP) is 41.7. The van der Waals surface area contributed by atoms with E-state index in [0.29, 0.717) is 0 Å². The molecule has 0 nitrogen and oxygen atoms in total. The fourth-order valence-electron chi connectivity index (χ4n) is 20.3. The molecule has 0 unspecified atom stereocenters. The van der Waals surface area contributed by atoms with E-state index in [9.17, 15) is 0 Å². The van der Waals surface area contributed by atoms with Crippen LogP contribution in [0.1, 0.15) is 382 Å². The summed E-state index contributed by atoms with van der Waals surface area (Å²) in [5.74, 6) is 0. The van der Waals surface area contributed by atoms with Crippen molar-refractivity contribution >= 4 is 214 Å². The normalized spacial score (nSPS) is 12.4. The zero-order valence-electron chi connectivity index (χ0n) is 75.4. The van der Waals surface area contributed by atoms with Gasteiger partial charge in [0.05, 0.1) is 0 Å². The highest BCUT2D eigenvalue weighted by molar-refractivity contribution is 7.32. The molecule has 0 saturated heterocycles. The SMILES string of the molecule is CCCCCCc1c(CCCCCC)c2sc(-c3cc4c(s3)c(CCCCCC)c(CCCCCC)c3sc(-c5cc6c(s5)c(CCCCCC)c(CCCCCC)c5sc(-c7cc8c(s7)c(CCCCCC)c(CCCCCC)c7sc(-c9cc%10c(s9)c(CCCCCC)c(CCCCCC)c9sccc9%10)cc78)cc56)cc34)cc2c2ccsc12. The number of unbranched alkanes of at least 4 members (excludes halogenated alkanes) is 30. The van der Waals surface area contributed by atoms with E-state index in [0.717, 1.165) is 0 Å². The first-order valence-corrected chi connectivity index (χ1v) is 57.4. The van der Waals surface area contributed by atoms with Gasteiger partial charge < -0.3 is 0 Å². The van der Waals surface area contributed by atoms with Gasteiger partial charge in [0.2, 0.25) is 0 Å². The standard InChI is InChI=1S/C110H142S10/c1-11-21-31-41-51-73-75(53-43-33-23-13-3)103-85(83-61-63-111-101(73)83)65-93(113-103)95-67-87-89-69-97(117-107(89)79(57-47-37-27-17-7)77(105(87)115-95)55-45-35-25-15-5)99-71-91-92-72-100(120-110(92)82(60-50-40-30-20-10)81(109(91)119-99)59-49-39-29-19-9)98-70-90-88-68-96(116-106(88)78(56-46-36-26-16-6)80(108(90)118-98)58-48-38-28-18-8)94-66-86-84-62-64-112-102(84)74(52-42-32-22-12-2)76(104(86)114-94)54-44-34-24-14-4/h61-72H,11-60H2,1-10H3. The van der Waals surface area contributed by atoms with Crippen LogP contribution in [-0.2, 0) is 64.2 Å². The molecule has 0 N–H and O–H groups in total. The average molecular weight is 1790 g/mol. The second-order valence-corrected chi connectivity index (χ2v) is 46.3. The van der Waals surface area contributed by atoms with Crippen molar-refractivity contribution in [3.8, 4) is 39.0 Å². The third-order valence-electron chi connectivity index (χ3n) is 27.0. The number of thiophene rings is 10. The number of aryl methyl sites for hydroxylation is 10. The molecule has 0 saturated carbocycles. The summed E-state index contributed by atoms with van der Waals surface area (Å²) < 4.78 is 15.9. The molecule has 10 heteroatoms. The first-order valence-electron chi connectivity index (χ1n) is 49.1. The summed E-state index contributed by atoms with van der Waals surface area (Å²) in [6.45, 7) is 23.8. The van der Waals surface area contributed by atoms with E-state index < -0.39 is 0 Å². The van der Waals surface area contributed by atoms with Crippen molar-refractivity contribution in [2.24, 2.45) is 0 Å². The van der Waals surface area contributed by atoms with E-state index in [1.807, 2.05) is 22.7 Å². The van der Waals surface area contributed by atoms with Crippen LogP contribution in [0.3, 0.4) is 0 Å². The average Bonchev–Trinajstić information content (AvgIpc) is 1.58. The molecule has 120 heavy (non-hydrogen) atoms. The van der Waals surface area contributed by atoms with Gasteiger partial charge >= 0.3 is 0 Å². The molecule has 10 aromatic heterocycles. The van der Waals surface area contributed by atoms with E-state index in [-0.39, 0.29) is 0 Å². The van der Waals surface area contributed by atoms with E-state index in [1.165, 1.54) is 414 Å². The van der Waals surface area contributed by atoms with Crippen molar-refractivity contribution in [2.45, 2.75) is 390 Å². The first-order chi connectivity index (χ1) is 59.2. The molecule has 10 heterocycles. The van der Waals surface area contributed by atoms with E-state index >= 15 is 0 Å². The van der Waals surface area contributed by atoms with Gasteiger partial charge in [0, 0.05) is 140 Å². The van der Waals surface area contributed by atoms with Crippen LogP contribution in [0, 0.1) is 0 Å². The van der Waals surface area contributed by atoms with Crippen LogP contribution in [-0.4, -0.2) is 0 Å². The molecule has 0 spiro atoms. The van der Waals surface area contributed by atoms with Gasteiger partial charge in [0.15, 0.2) is 0 Å². The number of fused-ring (bicyclic) bond motifs is 15. The molecular formula is C110H142S10. The lowest BCUT2D eigenvalue weighted by Crippen LogP contribution is -1.97. The van der Waals surface area contributed by atoms with Gasteiger partial charge in [-0.1, -0.05) is 262 Å². The summed E-state index contributed by atoms with van der Waals surface area (Å²) in [4.78, 5) is 11.9. The summed E-state index contributed by atoms with van der Waals surface area (Å²) >= 11 is 21.4. The van der Waals surface area contributed by atoms with Crippen LogP contribution in [0.15, 0.2) is 71.4 Å². The van der Waals surface area contributed by atoms with E-state index in [2.05, 4.69) is 231 Å². The van der Waals surface area contributed by atoms with Gasteiger partial charge in [0.1, 0.15) is 0 Å². The monoisotopic (exact) mass is 1780 g/mol. The Morgan fingerprint density at radius 2 is 0.283 bits per heavy atom. The molecule has 5 aromatic carbocycles. The smallest absolute Gasteiger partial charge is 0.0455 e. The molecule has 0 bridgehead atoms. The molecule has 0 aliphatic heterocycles. The maximum absolute atomic E-state index is 2.75. The number of hydrogen-bond donors (Lipinski definition) is 0. The van der Waals surface area contributed by atoms with Crippen LogP contribution in [0.5, 0.6) is 0 Å². The van der Waals surface area contributed by atoms with Gasteiger partial charge in [0.25, 0.3) is 0 Å². The van der Waals surface area contributed by atoms with Crippen molar-refractivity contribution in [3.63, 3.8) is 0 Å². The molecule has 0 aliphatic carbocycles. The molecule has 0 amide bonds. The lowest BCUT2D eigenvalue weighted by Gasteiger charge is -2.14. The Kier molecular flexibility index (Phi) is 33.9. The quantitative estimate of drug-likeness (QED) is 0.0333. The summed E-state index contributed by atoms with van der Waals surface area (Å²) in [5.41, 5.74) is 16.9. The fraction of sp³-hybridized carbons (Fsp3) is 0.545. The zero-order valence-corrected chi connectivity index (χ0v) is 83.5.